The van der Waals surface area contributed by atoms with Crippen molar-refractivity contribution < 1.29 is 9.59 Å². The van der Waals surface area contributed by atoms with E-state index in [9.17, 15) is 9.59 Å². The number of anilines is 1. The Balaban J connectivity index is 2.12. The van der Waals surface area contributed by atoms with Gasteiger partial charge in [-0.1, -0.05) is 12.1 Å². The van der Waals surface area contributed by atoms with Crippen LogP contribution >= 0.6 is 22.6 Å². The van der Waals surface area contributed by atoms with Crippen LogP contribution in [0, 0.1) is 3.57 Å². The molecular weight excluding hydrogens is 379 g/mol. The molecule has 0 bridgehead atoms. The second-order valence-corrected chi connectivity index (χ2v) is 5.87. The first kappa shape index (κ1) is 15.5. The molecule has 2 aromatic carbocycles. The van der Waals surface area contributed by atoms with Gasteiger partial charge >= 0.3 is 0 Å². The van der Waals surface area contributed by atoms with Gasteiger partial charge < -0.3 is 10.2 Å². The van der Waals surface area contributed by atoms with Crippen LogP contribution in [0.15, 0.2) is 48.5 Å². The zero-order valence-electron chi connectivity index (χ0n) is 11.8. The zero-order valence-corrected chi connectivity index (χ0v) is 13.9. The van der Waals surface area contributed by atoms with E-state index in [2.05, 4.69) is 27.9 Å². The molecule has 0 spiro atoms. The normalized spacial score (nSPS) is 10.0. The highest BCUT2D eigenvalue weighted by Gasteiger charge is 2.11. The molecule has 2 rings (SSSR count). The summed E-state index contributed by atoms with van der Waals surface area (Å²) in [7, 11) is 3.41. The fourth-order valence-electron chi connectivity index (χ4n) is 1.80. The first-order valence-corrected chi connectivity index (χ1v) is 7.44. The topological polar surface area (TPSA) is 49.4 Å². The Morgan fingerprint density at radius 3 is 2.19 bits per heavy atom. The quantitative estimate of drug-likeness (QED) is 0.813. The van der Waals surface area contributed by atoms with Crippen molar-refractivity contribution >= 4 is 40.1 Å². The standard InChI is InChI=1S/C16H15IN2O2/c1-19(2)16(21)11-7-9-12(10-8-11)18-15(20)13-5-3-4-6-14(13)17/h3-10H,1-2H3,(H,18,20). The smallest absolute Gasteiger partial charge is 0.256 e. The lowest BCUT2D eigenvalue weighted by atomic mass is 10.1. The molecule has 0 saturated carbocycles. The number of nitrogens with one attached hydrogen (secondary N) is 1. The van der Waals surface area contributed by atoms with Gasteiger partial charge in [0.25, 0.3) is 11.8 Å². The van der Waals surface area contributed by atoms with E-state index in [-0.39, 0.29) is 11.8 Å². The minimum absolute atomic E-state index is 0.0644. The Kier molecular flexibility index (Phi) is 4.95. The lowest BCUT2D eigenvalue weighted by molar-refractivity contribution is 0.0827. The number of halogens is 1. The highest BCUT2D eigenvalue weighted by atomic mass is 127. The van der Waals surface area contributed by atoms with Crippen molar-refractivity contribution in [3.05, 3.63) is 63.2 Å². The van der Waals surface area contributed by atoms with Crippen molar-refractivity contribution in [1.29, 1.82) is 0 Å². The summed E-state index contributed by atoms with van der Waals surface area (Å²) in [6.07, 6.45) is 0. The van der Waals surface area contributed by atoms with Crippen LogP contribution < -0.4 is 5.32 Å². The van der Waals surface area contributed by atoms with E-state index in [4.69, 9.17) is 0 Å². The number of hydrogen-bond acceptors (Lipinski definition) is 2. The zero-order chi connectivity index (χ0) is 15.4. The summed E-state index contributed by atoms with van der Waals surface area (Å²) in [6.45, 7) is 0. The number of hydrogen-bond donors (Lipinski definition) is 1. The van der Waals surface area contributed by atoms with Gasteiger partial charge in [0.15, 0.2) is 0 Å². The molecule has 0 aliphatic carbocycles. The van der Waals surface area contributed by atoms with Crippen LogP contribution in [0.25, 0.3) is 0 Å². The summed E-state index contributed by atoms with van der Waals surface area (Å²) in [5.74, 6) is -0.225. The van der Waals surface area contributed by atoms with Gasteiger partial charge in [-0.05, 0) is 59.0 Å². The van der Waals surface area contributed by atoms with Crippen molar-refractivity contribution in [2.75, 3.05) is 19.4 Å². The Labute approximate surface area is 137 Å². The van der Waals surface area contributed by atoms with Gasteiger partial charge in [0.05, 0.1) is 5.56 Å². The molecule has 0 radical (unpaired) electrons. The number of carbonyl (C=O) groups is 2. The minimum Gasteiger partial charge on any atom is -0.345 e. The van der Waals surface area contributed by atoms with Crippen molar-refractivity contribution in [2.24, 2.45) is 0 Å². The van der Waals surface area contributed by atoms with E-state index in [1.165, 1.54) is 4.90 Å². The first-order chi connectivity index (χ1) is 9.99. The SMILES string of the molecule is CN(C)C(=O)c1ccc(NC(=O)c2ccccc2I)cc1. The summed E-state index contributed by atoms with van der Waals surface area (Å²) in [4.78, 5) is 25.5. The fraction of sp³-hybridized carbons (Fsp3) is 0.125. The summed E-state index contributed by atoms with van der Waals surface area (Å²) < 4.78 is 0.895. The molecule has 0 unspecified atom stereocenters. The van der Waals surface area contributed by atoms with E-state index < -0.39 is 0 Å². The molecule has 0 aliphatic rings. The van der Waals surface area contributed by atoms with Crippen LogP contribution in [-0.4, -0.2) is 30.8 Å². The summed E-state index contributed by atoms with van der Waals surface area (Å²) in [6, 6.07) is 14.2. The van der Waals surface area contributed by atoms with Gasteiger partial charge in [-0.3, -0.25) is 9.59 Å². The Bertz CT molecular complexity index is 666. The predicted octanol–water partition coefficient (Wildman–Crippen LogP) is 3.25. The van der Waals surface area contributed by atoms with Crippen molar-refractivity contribution in [3.8, 4) is 0 Å². The van der Waals surface area contributed by atoms with Crippen LogP contribution in [0.1, 0.15) is 20.7 Å². The van der Waals surface area contributed by atoms with Crippen molar-refractivity contribution in [3.63, 3.8) is 0 Å². The van der Waals surface area contributed by atoms with Crippen molar-refractivity contribution in [1.82, 2.24) is 4.90 Å². The summed E-state index contributed by atoms with van der Waals surface area (Å²) in [5.41, 5.74) is 1.88. The van der Waals surface area contributed by atoms with Crippen LogP contribution in [0.2, 0.25) is 0 Å². The minimum atomic E-state index is -0.160. The number of nitrogens with zero attached hydrogens (tertiary/aromatic N) is 1. The van der Waals surface area contributed by atoms with E-state index in [1.54, 1.807) is 44.4 Å². The van der Waals surface area contributed by atoms with Gasteiger partial charge in [0.2, 0.25) is 0 Å². The molecule has 0 atom stereocenters. The van der Waals surface area contributed by atoms with Gasteiger partial charge in [-0.15, -0.1) is 0 Å². The Morgan fingerprint density at radius 1 is 1.00 bits per heavy atom. The number of carbonyl (C=O) groups excluding carboxylic acids is 2. The molecule has 0 heterocycles. The molecule has 5 heteroatoms. The molecule has 0 fully saturated rings. The maximum Gasteiger partial charge on any atom is 0.256 e. The van der Waals surface area contributed by atoms with E-state index in [0.29, 0.717) is 16.8 Å². The van der Waals surface area contributed by atoms with Gasteiger partial charge in [0.1, 0.15) is 0 Å². The first-order valence-electron chi connectivity index (χ1n) is 6.36. The highest BCUT2D eigenvalue weighted by molar-refractivity contribution is 14.1. The number of amides is 2. The van der Waals surface area contributed by atoms with Crippen LogP contribution in [0.5, 0.6) is 0 Å². The van der Waals surface area contributed by atoms with E-state index in [1.807, 2.05) is 18.2 Å². The third-order valence-electron chi connectivity index (χ3n) is 2.91. The second kappa shape index (κ2) is 6.71. The molecule has 0 saturated heterocycles. The number of rotatable bonds is 3. The van der Waals surface area contributed by atoms with Crippen LogP contribution in [0.4, 0.5) is 5.69 Å². The lowest BCUT2D eigenvalue weighted by Gasteiger charge is -2.11. The van der Waals surface area contributed by atoms with Gasteiger partial charge in [-0.2, -0.15) is 0 Å². The molecule has 21 heavy (non-hydrogen) atoms. The number of benzene rings is 2. The second-order valence-electron chi connectivity index (χ2n) is 4.71. The third-order valence-corrected chi connectivity index (χ3v) is 3.86. The predicted molar refractivity (Wildman–Crippen MR) is 91.6 cm³/mol. The van der Waals surface area contributed by atoms with Crippen LogP contribution in [-0.2, 0) is 0 Å². The monoisotopic (exact) mass is 394 g/mol. The lowest BCUT2D eigenvalue weighted by Crippen LogP contribution is -2.21. The maximum absolute atomic E-state index is 12.2. The molecule has 0 aromatic heterocycles. The van der Waals surface area contributed by atoms with E-state index >= 15 is 0 Å². The van der Waals surface area contributed by atoms with Gasteiger partial charge in [0, 0.05) is 28.9 Å². The average molecular weight is 394 g/mol. The Hall–Kier alpha value is -1.89. The van der Waals surface area contributed by atoms with Crippen LogP contribution in [0.3, 0.4) is 0 Å². The molecule has 108 valence electrons. The fourth-order valence-corrected chi connectivity index (χ4v) is 2.43. The third kappa shape index (κ3) is 3.81. The Morgan fingerprint density at radius 2 is 1.62 bits per heavy atom. The molecule has 4 nitrogen and oxygen atoms in total. The summed E-state index contributed by atoms with van der Waals surface area (Å²) >= 11 is 2.13. The maximum atomic E-state index is 12.2. The molecule has 1 N–H and O–H groups in total. The van der Waals surface area contributed by atoms with Gasteiger partial charge in [-0.25, -0.2) is 0 Å². The largest absolute Gasteiger partial charge is 0.345 e. The van der Waals surface area contributed by atoms with E-state index in [0.717, 1.165) is 3.57 Å². The highest BCUT2D eigenvalue weighted by Crippen LogP contribution is 2.15. The summed E-state index contributed by atoms with van der Waals surface area (Å²) in [5, 5.41) is 2.83. The van der Waals surface area contributed by atoms with Crippen molar-refractivity contribution in [2.45, 2.75) is 0 Å². The molecule has 2 amide bonds. The molecule has 2 aromatic rings. The average Bonchev–Trinajstić information content (AvgIpc) is 2.47. The molecule has 0 aliphatic heterocycles. The molecular formula is C16H15IN2O2.